The van der Waals surface area contributed by atoms with Gasteiger partial charge in [0.05, 0.1) is 6.61 Å². The summed E-state index contributed by atoms with van der Waals surface area (Å²) in [5.41, 5.74) is 0.558. The summed E-state index contributed by atoms with van der Waals surface area (Å²) in [6.45, 7) is -0.474. The molecule has 1 aromatic carbocycles. The van der Waals surface area contributed by atoms with Crippen LogP contribution in [0.5, 0.6) is 5.75 Å². The number of nitrogens with one attached hydrogen (secondary N) is 1. The van der Waals surface area contributed by atoms with Gasteiger partial charge in [0.2, 0.25) is 0 Å². The molecule has 1 fully saturated rings. The molecule has 0 unspecified atom stereocenters. The lowest BCUT2D eigenvalue weighted by Crippen LogP contribution is -2.60. The predicted molar refractivity (Wildman–Crippen MR) is 65.5 cm³/mol. The molecule has 6 N–H and O–H groups in total. The number of hydrogen-bond acceptors (Lipinski definition) is 7. The average molecular weight is 271 g/mol. The lowest BCUT2D eigenvalue weighted by Gasteiger charge is -2.40. The second kappa shape index (κ2) is 5.72. The molecule has 0 aliphatic carbocycles. The highest BCUT2D eigenvalue weighted by molar-refractivity contribution is 5.46. The standard InChI is InChI=1S/C12H17NO6/c14-5-8-9(16)10(17)11(18)12(19-8)13-6-1-3-7(15)4-2-6/h1-4,8-18H,5H2/t8-,9+,10+,11+,12-/m0/s1. The summed E-state index contributed by atoms with van der Waals surface area (Å²) in [6, 6.07) is 6.03. The molecule has 2 rings (SSSR count). The lowest BCUT2D eigenvalue weighted by molar-refractivity contribution is -0.221. The summed E-state index contributed by atoms with van der Waals surface area (Å²) in [5, 5.41) is 50.1. The molecule has 1 aromatic rings. The van der Waals surface area contributed by atoms with Crippen LogP contribution in [0.15, 0.2) is 24.3 Å². The molecule has 0 amide bonds. The van der Waals surface area contributed by atoms with Gasteiger partial charge in [0.25, 0.3) is 0 Å². The Morgan fingerprint density at radius 1 is 1.00 bits per heavy atom. The summed E-state index contributed by atoms with van der Waals surface area (Å²) in [4.78, 5) is 0. The molecule has 1 aliphatic heterocycles. The van der Waals surface area contributed by atoms with Crippen molar-refractivity contribution in [3.63, 3.8) is 0 Å². The fourth-order valence-electron chi connectivity index (χ4n) is 1.94. The molecule has 0 radical (unpaired) electrons. The zero-order valence-electron chi connectivity index (χ0n) is 10.0. The second-order valence-corrected chi connectivity index (χ2v) is 4.44. The van der Waals surface area contributed by atoms with Gasteiger partial charge in [-0.1, -0.05) is 0 Å². The van der Waals surface area contributed by atoms with Crippen LogP contribution in [0.25, 0.3) is 0 Å². The Balaban J connectivity index is 2.08. The predicted octanol–water partition coefficient (Wildman–Crippen LogP) is -1.40. The van der Waals surface area contributed by atoms with Crippen LogP contribution in [0.4, 0.5) is 5.69 Å². The molecular formula is C12H17NO6. The van der Waals surface area contributed by atoms with Crippen molar-refractivity contribution in [3.8, 4) is 5.75 Å². The van der Waals surface area contributed by atoms with Gasteiger partial charge < -0.3 is 35.6 Å². The molecule has 19 heavy (non-hydrogen) atoms. The van der Waals surface area contributed by atoms with Crippen molar-refractivity contribution in [1.29, 1.82) is 0 Å². The maximum atomic E-state index is 9.81. The normalized spacial score (nSPS) is 35.1. The average Bonchev–Trinajstić information content (AvgIpc) is 2.42. The van der Waals surface area contributed by atoms with E-state index < -0.39 is 37.3 Å². The maximum Gasteiger partial charge on any atom is 0.157 e. The van der Waals surface area contributed by atoms with Crippen LogP contribution in [0, 0.1) is 0 Å². The van der Waals surface area contributed by atoms with Gasteiger partial charge in [-0.05, 0) is 24.3 Å². The molecule has 0 saturated carbocycles. The van der Waals surface area contributed by atoms with E-state index >= 15 is 0 Å². The van der Waals surface area contributed by atoms with Crippen molar-refractivity contribution in [2.45, 2.75) is 30.6 Å². The maximum absolute atomic E-state index is 9.81. The van der Waals surface area contributed by atoms with Gasteiger partial charge in [-0.25, -0.2) is 0 Å². The molecule has 1 saturated heterocycles. The van der Waals surface area contributed by atoms with Crippen molar-refractivity contribution >= 4 is 5.69 Å². The number of rotatable bonds is 3. The number of aliphatic hydroxyl groups excluding tert-OH is 4. The minimum absolute atomic E-state index is 0.0966. The van der Waals surface area contributed by atoms with Gasteiger partial charge in [-0.2, -0.15) is 0 Å². The Hall–Kier alpha value is -1.38. The van der Waals surface area contributed by atoms with Crippen LogP contribution >= 0.6 is 0 Å². The van der Waals surface area contributed by atoms with Crippen LogP contribution in [0.3, 0.4) is 0 Å². The lowest BCUT2D eigenvalue weighted by atomic mass is 9.98. The zero-order valence-corrected chi connectivity index (χ0v) is 10.0. The third-order valence-corrected chi connectivity index (χ3v) is 3.07. The SMILES string of the molecule is OC[C@@H]1O[C@H](Nc2ccc(O)cc2)[C@H](O)[C@H](O)[C@@H]1O. The van der Waals surface area contributed by atoms with Gasteiger partial charge >= 0.3 is 0 Å². The highest BCUT2D eigenvalue weighted by atomic mass is 16.6. The number of phenols is 1. The molecule has 0 spiro atoms. The van der Waals surface area contributed by atoms with Gasteiger partial charge in [-0.3, -0.25) is 0 Å². The summed E-state index contributed by atoms with van der Waals surface area (Å²) < 4.78 is 5.28. The van der Waals surface area contributed by atoms with E-state index in [4.69, 9.17) is 14.9 Å². The van der Waals surface area contributed by atoms with Crippen molar-refractivity contribution in [1.82, 2.24) is 0 Å². The van der Waals surface area contributed by atoms with E-state index in [0.717, 1.165) is 0 Å². The first-order valence-electron chi connectivity index (χ1n) is 5.89. The Labute approximate surface area is 109 Å². The first-order valence-corrected chi connectivity index (χ1v) is 5.89. The molecule has 5 atom stereocenters. The fraction of sp³-hybridized carbons (Fsp3) is 0.500. The Morgan fingerprint density at radius 3 is 2.21 bits per heavy atom. The minimum Gasteiger partial charge on any atom is -0.508 e. The Bertz CT molecular complexity index is 409. The van der Waals surface area contributed by atoms with E-state index in [1.165, 1.54) is 12.1 Å². The topological polar surface area (TPSA) is 122 Å². The number of anilines is 1. The number of hydrogen-bond donors (Lipinski definition) is 6. The van der Waals surface area contributed by atoms with Gasteiger partial charge in [0, 0.05) is 5.69 Å². The largest absolute Gasteiger partial charge is 0.508 e. The molecule has 106 valence electrons. The third kappa shape index (κ3) is 2.96. The van der Waals surface area contributed by atoms with Crippen molar-refractivity contribution in [2.75, 3.05) is 11.9 Å². The van der Waals surface area contributed by atoms with Crippen LogP contribution < -0.4 is 5.32 Å². The molecule has 1 heterocycles. The molecular weight excluding hydrogens is 254 g/mol. The molecule has 0 aromatic heterocycles. The number of aromatic hydroxyl groups is 1. The summed E-state index contributed by atoms with van der Waals surface area (Å²) >= 11 is 0. The van der Waals surface area contributed by atoms with Crippen LogP contribution in [0.1, 0.15) is 0 Å². The molecule has 7 heteroatoms. The zero-order chi connectivity index (χ0) is 14.0. The van der Waals surface area contributed by atoms with Crippen molar-refractivity contribution < 1.29 is 30.3 Å². The van der Waals surface area contributed by atoms with Crippen molar-refractivity contribution in [2.24, 2.45) is 0 Å². The molecule has 0 bridgehead atoms. The van der Waals surface area contributed by atoms with E-state index in [-0.39, 0.29) is 5.75 Å². The Kier molecular flexibility index (Phi) is 4.23. The number of phenolic OH excluding ortho intramolecular Hbond substituents is 1. The molecule has 1 aliphatic rings. The summed E-state index contributed by atoms with van der Waals surface area (Å²) in [5.74, 6) is 0.0966. The number of aliphatic hydroxyl groups is 4. The smallest absolute Gasteiger partial charge is 0.157 e. The van der Waals surface area contributed by atoms with E-state index in [0.29, 0.717) is 5.69 Å². The van der Waals surface area contributed by atoms with Gasteiger partial charge in [0.15, 0.2) is 6.23 Å². The minimum atomic E-state index is -1.42. The van der Waals surface area contributed by atoms with E-state index in [9.17, 15) is 15.3 Å². The second-order valence-electron chi connectivity index (χ2n) is 4.44. The third-order valence-electron chi connectivity index (χ3n) is 3.07. The summed E-state index contributed by atoms with van der Waals surface area (Å²) in [6.07, 6.45) is -6.06. The van der Waals surface area contributed by atoms with Crippen LogP contribution in [-0.4, -0.2) is 62.8 Å². The quantitative estimate of drug-likeness (QED) is 0.374. The van der Waals surface area contributed by atoms with E-state index in [1.807, 2.05) is 0 Å². The summed E-state index contributed by atoms with van der Waals surface area (Å²) in [7, 11) is 0. The van der Waals surface area contributed by atoms with Crippen molar-refractivity contribution in [3.05, 3.63) is 24.3 Å². The monoisotopic (exact) mass is 271 g/mol. The highest BCUT2D eigenvalue weighted by Gasteiger charge is 2.43. The fourth-order valence-corrected chi connectivity index (χ4v) is 1.94. The highest BCUT2D eigenvalue weighted by Crippen LogP contribution is 2.23. The van der Waals surface area contributed by atoms with Crippen LogP contribution in [-0.2, 0) is 4.74 Å². The van der Waals surface area contributed by atoms with Gasteiger partial charge in [-0.15, -0.1) is 0 Å². The number of ether oxygens (including phenoxy) is 1. The van der Waals surface area contributed by atoms with Crippen LogP contribution in [0.2, 0.25) is 0 Å². The van der Waals surface area contributed by atoms with Gasteiger partial charge in [0.1, 0.15) is 30.2 Å². The Morgan fingerprint density at radius 2 is 1.63 bits per heavy atom. The van der Waals surface area contributed by atoms with E-state index in [1.54, 1.807) is 12.1 Å². The first kappa shape index (κ1) is 14.0. The van der Waals surface area contributed by atoms with E-state index in [2.05, 4.69) is 5.32 Å². The first-order chi connectivity index (χ1) is 9.02. The molecule has 7 nitrogen and oxygen atoms in total. The number of benzene rings is 1.